The van der Waals surface area contributed by atoms with Crippen LogP contribution in [0.15, 0.2) is 36.7 Å². The number of carbonyl (C=O) groups is 2. The molecule has 1 amide bonds. The molecular formula is C18H19N3O5. The molecule has 1 fully saturated rings. The Morgan fingerprint density at radius 1 is 1.08 bits per heavy atom. The van der Waals surface area contributed by atoms with Gasteiger partial charge in [-0.05, 0) is 12.1 Å². The predicted molar refractivity (Wildman–Crippen MR) is 91.3 cm³/mol. The zero-order valence-electron chi connectivity index (χ0n) is 14.5. The molecule has 0 N–H and O–H groups in total. The number of carbonyl (C=O) groups excluding carboxylic acids is 2. The fourth-order valence-electron chi connectivity index (χ4n) is 2.83. The van der Waals surface area contributed by atoms with Gasteiger partial charge in [0.25, 0.3) is 17.7 Å². The first kappa shape index (κ1) is 17.7. The van der Waals surface area contributed by atoms with Crippen LogP contribution in [-0.2, 0) is 4.74 Å². The summed E-state index contributed by atoms with van der Waals surface area (Å²) in [6, 6.07) is 6.61. The molecule has 0 radical (unpaired) electrons. The van der Waals surface area contributed by atoms with Gasteiger partial charge in [0.05, 0.1) is 31.9 Å². The molecule has 1 aliphatic heterocycles. The number of ether oxygens (including phenoxy) is 3. The zero-order valence-corrected chi connectivity index (χ0v) is 14.5. The van der Waals surface area contributed by atoms with Gasteiger partial charge in [-0.2, -0.15) is 0 Å². The third kappa shape index (κ3) is 3.58. The van der Waals surface area contributed by atoms with E-state index in [0.29, 0.717) is 36.8 Å². The van der Waals surface area contributed by atoms with Crippen molar-refractivity contribution in [2.24, 2.45) is 0 Å². The SMILES string of the molecule is COC(=O)c1ccccc1C(=O)N1CCC(Oc2nccnc2OC)C1. The summed E-state index contributed by atoms with van der Waals surface area (Å²) in [5.74, 6) is -0.175. The number of likely N-dealkylation sites (tertiary alicyclic amines) is 1. The average Bonchev–Trinajstić information content (AvgIpc) is 3.15. The highest BCUT2D eigenvalue weighted by atomic mass is 16.5. The smallest absolute Gasteiger partial charge is 0.338 e. The minimum Gasteiger partial charge on any atom is -0.477 e. The lowest BCUT2D eigenvalue weighted by Crippen LogP contribution is -2.32. The van der Waals surface area contributed by atoms with Crippen LogP contribution in [-0.4, -0.2) is 60.2 Å². The van der Waals surface area contributed by atoms with E-state index in [4.69, 9.17) is 14.2 Å². The Labute approximate surface area is 150 Å². The van der Waals surface area contributed by atoms with Gasteiger partial charge in [0.2, 0.25) is 0 Å². The molecule has 8 nitrogen and oxygen atoms in total. The summed E-state index contributed by atoms with van der Waals surface area (Å²) in [6.45, 7) is 0.898. The largest absolute Gasteiger partial charge is 0.477 e. The van der Waals surface area contributed by atoms with Crippen molar-refractivity contribution in [2.75, 3.05) is 27.3 Å². The van der Waals surface area contributed by atoms with Crippen LogP contribution in [0.5, 0.6) is 11.8 Å². The molecule has 1 aromatic heterocycles. The molecule has 2 aromatic rings. The van der Waals surface area contributed by atoms with E-state index in [9.17, 15) is 9.59 Å². The molecule has 2 heterocycles. The van der Waals surface area contributed by atoms with Crippen LogP contribution >= 0.6 is 0 Å². The molecule has 8 heteroatoms. The van der Waals surface area contributed by atoms with Crippen LogP contribution in [0.1, 0.15) is 27.1 Å². The van der Waals surface area contributed by atoms with Gasteiger partial charge in [-0.15, -0.1) is 0 Å². The van der Waals surface area contributed by atoms with Crippen molar-refractivity contribution in [3.05, 3.63) is 47.8 Å². The number of rotatable bonds is 5. The van der Waals surface area contributed by atoms with E-state index < -0.39 is 5.97 Å². The fraction of sp³-hybridized carbons (Fsp3) is 0.333. The Balaban J connectivity index is 1.71. The lowest BCUT2D eigenvalue weighted by molar-refractivity contribution is 0.0591. The van der Waals surface area contributed by atoms with Crippen molar-refractivity contribution in [1.82, 2.24) is 14.9 Å². The molecule has 1 saturated heterocycles. The van der Waals surface area contributed by atoms with E-state index in [1.54, 1.807) is 29.2 Å². The average molecular weight is 357 g/mol. The van der Waals surface area contributed by atoms with Gasteiger partial charge in [0, 0.05) is 25.4 Å². The van der Waals surface area contributed by atoms with Crippen LogP contribution in [0.25, 0.3) is 0 Å². The minimum absolute atomic E-state index is 0.227. The predicted octanol–water partition coefficient (Wildman–Crippen LogP) is 1.57. The summed E-state index contributed by atoms with van der Waals surface area (Å²) in [5.41, 5.74) is 0.567. The van der Waals surface area contributed by atoms with Gasteiger partial charge in [-0.1, -0.05) is 12.1 Å². The fourth-order valence-corrected chi connectivity index (χ4v) is 2.83. The second-order valence-corrected chi connectivity index (χ2v) is 5.69. The van der Waals surface area contributed by atoms with Crippen LogP contribution in [0.4, 0.5) is 0 Å². The highest BCUT2D eigenvalue weighted by molar-refractivity contribution is 6.05. The molecule has 26 heavy (non-hydrogen) atoms. The van der Waals surface area contributed by atoms with Crippen molar-refractivity contribution in [2.45, 2.75) is 12.5 Å². The van der Waals surface area contributed by atoms with E-state index in [1.807, 2.05) is 0 Å². The lowest BCUT2D eigenvalue weighted by Gasteiger charge is -2.18. The summed E-state index contributed by atoms with van der Waals surface area (Å²) >= 11 is 0. The molecule has 1 atom stereocenters. The lowest BCUT2D eigenvalue weighted by atomic mass is 10.1. The topological polar surface area (TPSA) is 90.9 Å². The number of benzene rings is 1. The number of amides is 1. The van der Waals surface area contributed by atoms with Gasteiger partial charge in [-0.3, -0.25) is 4.79 Å². The molecule has 0 aliphatic carbocycles. The first-order valence-electron chi connectivity index (χ1n) is 8.12. The molecule has 0 spiro atoms. The normalized spacial score (nSPS) is 16.2. The highest BCUT2D eigenvalue weighted by Crippen LogP contribution is 2.25. The Morgan fingerprint density at radius 3 is 2.46 bits per heavy atom. The van der Waals surface area contributed by atoms with Gasteiger partial charge < -0.3 is 19.1 Å². The summed E-state index contributed by atoms with van der Waals surface area (Å²) < 4.78 is 15.7. The van der Waals surface area contributed by atoms with Crippen molar-refractivity contribution in [3.8, 4) is 11.8 Å². The van der Waals surface area contributed by atoms with E-state index in [-0.39, 0.29) is 17.6 Å². The van der Waals surface area contributed by atoms with Crippen molar-refractivity contribution < 1.29 is 23.8 Å². The van der Waals surface area contributed by atoms with Gasteiger partial charge in [-0.25, -0.2) is 14.8 Å². The van der Waals surface area contributed by atoms with Crippen LogP contribution in [0, 0.1) is 0 Å². The van der Waals surface area contributed by atoms with Crippen LogP contribution in [0.2, 0.25) is 0 Å². The first-order valence-corrected chi connectivity index (χ1v) is 8.12. The second kappa shape index (κ2) is 7.81. The molecule has 3 rings (SSSR count). The van der Waals surface area contributed by atoms with Crippen LogP contribution < -0.4 is 9.47 Å². The molecular weight excluding hydrogens is 338 g/mol. The molecule has 1 aliphatic rings. The number of hydrogen-bond acceptors (Lipinski definition) is 7. The number of nitrogens with zero attached hydrogens (tertiary/aromatic N) is 3. The van der Waals surface area contributed by atoms with Gasteiger partial charge in [0.1, 0.15) is 6.10 Å². The van der Waals surface area contributed by atoms with E-state index in [2.05, 4.69) is 9.97 Å². The van der Waals surface area contributed by atoms with E-state index >= 15 is 0 Å². The molecule has 0 bridgehead atoms. The number of esters is 1. The molecule has 0 saturated carbocycles. The summed E-state index contributed by atoms with van der Waals surface area (Å²) in [7, 11) is 2.78. The van der Waals surface area contributed by atoms with Crippen molar-refractivity contribution in [1.29, 1.82) is 0 Å². The quantitative estimate of drug-likeness (QED) is 0.750. The van der Waals surface area contributed by atoms with Gasteiger partial charge >= 0.3 is 5.97 Å². The molecule has 1 unspecified atom stereocenters. The Hall–Kier alpha value is -3.16. The Morgan fingerprint density at radius 2 is 1.77 bits per heavy atom. The third-order valence-corrected chi connectivity index (χ3v) is 4.10. The summed E-state index contributed by atoms with van der Waals surface area (Å²) in [6.07, 6.45) is 3.45. The molecule has 136 valence electrons. The molecule has 1 aromatic carbocycles. The Kier molecular flexibility index (Phi) is 5.31. The van der Waals surface area contributed by atoms with E-state index in [0.717, 1.165) is 0 Å². The van der Waals surface area contributed by atoms with Crippen LogP contribution in [0.3, 0.4) is 0 Å². The van der Waals surface area contributed by atoms with E-state index in [1.165, 1.54) is 26.6 Å². The summed E-state index contributed by atoms with van der Waals surface area (Å²) in [5, 5.41) is 0. The number of aromatic nitrogens is 2. The maximum Gasteiger partial charge on any atom is 0.338 e. The first-order chi connectivity index (χ1) is 12.6. The summed E-state index contributed by atoms with van der Waals surface area (Å²) in [4.78, 5) is 34.5. The second-order valence-electron chi connectivity index (χ2n) is 5.69. The van der Waals surface area contributed by atoms with Crippen molar-refractivity contribution >= 4 is 11.9 Å². The van der Waals surface area contributed by atoms with Gasteiger partial charge in [0.15, 0.2) is 0 Å². The monoisotopic (exact) mass is 357 g/mol. The maximum absolute atomic E-state index is 12.8. The maximum atomic E-state index is 12.8. The number of hydrogen-bond donors (Lipinski definition) is 0. The van der Waals surface area contributed by atoms with Crippen molar-refractivity contribution in [3.63, 3.8) is 0 Å². The minimum atomic E-state index is -0.537. The third-order valence-electron chi connectivity index (χ3n) is 4.10. The zero-order chi connectivity index (χ0) is 18.5. The standard InChI is InChI=1S/C18H19N3O5/c1-24-15-16(20-9-8-19-15)26-12-7-10-21(11-12)17(22)13-5-3-4-6-14(13)18(23)25-2/h3-6,8-9,12H,7,10-11H2,1-2H3. The Bertz CT molecular complexity index is 811. The highest BCUT2D eigenvalue weighted by Gasteiger charge is 2.31. The number of methoxy groups -OCH3 is 2.